The zero-order chi connectivity index (χ0) is 14.7. The molecule has 1 atom stereocenters. The van der Waals surface area contributed by atoms with Gasteiger partial charge in [0.15, 0.2) is 24.0 Å². The van der Waals surface area contributed by atoms with Gasteiger partial charge in [0.25, 0.3) is 0 Å². The van der Waals surface area contributed by atoms with Crippen LogP contribution in [0.25, 0.3) is 11.3 Å². The maximum atomic E-state index is 12.1. The summed E-state index contributed by atoms with van der Waals surface area (Å²) in [5.41, 5.74) is 1.83. The fraction of sp³-hybridized carbons (Fsp3) is 0.267. The van der Waals surface area contributed by atoms with Crippen molar-refractivity contribution < 1.29 is 18.8 Å². The van der Waals surface area contributed by atoms with Crippen molar-refractivity contribution in [1.82, 2.24) is 4.98 Å². The number of carbonyl (C=O) groups excluding carboxylic acids is 1. The van der Waals surface area contributed by atoms with Crippen LogP contribution in [-0.2, 0) is 9.57 Å². The van der Waals surface area contributed by atoms with Crippen LogP contribution >= 0.6 is 0 Å². The summed E-state index contributed by atoms with van der Waals surface area (Å²) in [5.74, 6) is -0.129. The lowest BCUT2D eigenvalue weighted by atomic mass is 10.1. The fourth-order valence-corrected chi connectivity index (χ4v) is 2.08. The molecule has 2 heterocycles. The molecule has 21 heavy (non-hydrogen) atoms. The Morgan fingerprint density at radius 2 is 2.19 bits per heavy atom. The number of hydrogen-bond acceptors (Lipinski definition) is 6. The molecule has 108 valence electrons. The minimum Gasteiger partial charge on any atom is -0.457 e. The highest BCUT2D eigenvalue weighted by atomic mass is 16.7. The highest BCUT2D eigenvalue weighted by molar-refractivity contribution is 5.93. The van der Waals surface area contributed by atoms with Crippen molar-refractivity contribution in [1.29, 1.82) is 0 Å². The summed E-state index contributed by atoms with van der Waals surface area (Å²) in [6, 6.07) is 9.29. The molecule has 6 nitrogen and oxygen atoms in total. The van der Waals surface area contributed by atoms with Crippen LogP contribution in [0.15, 0.2) is 46.3 Å². The molecular formula is C15H14N2O4. The predicted octanol–water partition coefficient (Wildman–Crippen LogP) is 2.66. The number of benzene rings is 1. The number of nitrogens with zero attached hydrogens (tertiary/aromatic N) is 2. The van der Waals surface area contributed by atoms with E-state index in [1.165, 1.54) is 6.39 Å². The van der Waals surface area contributed by atoms with Gasteiger partial charge in [-0.25, -0.2) is 9.78 Å². The third kappa shape index (κ3) is 2.94. The van der Waals surface area contributed by atoms with E-state index in [1.807, 2.05) is 37.3 Å². The van der Waals surface area contributed by atoms with E-state index in [1.54, 1.807) is 0 Å². The van der Waals surface area contributed by atoms with Gasteiger partial charge in [-0.1, -0.05) is 35.5 Å². The highest BCUT2D eigenvalue weighted by Gasteiger charge is 2.24. The quantitative estimate of drug-likeness (QED) is 0.808. The van der Waals surface area contributed by atoms with E-state index < -0.39 is 5.97 Å². The summed E-state index contributed by atoms with van der Waals surface area (Å²) in [6.45, 7) is 2.01. The van der Waals surface area contributed by atoms with Gasteiger partial charge in [-0.15, -0.1) is 0 Å². The standard InChI is InChI=1S/C15H14N2O4/c1-10-7-12(21-17-10)8-19-15(18)13-14(20-9-16-13)11-5-3-2-4-6-11/h2-6,9,12H,7-8H2,1H3. The predicted molar refractivity (Wildman–Crippen MR) is 74.8 cm³/mol. The lowest BCUT2D eigenvalue weighted by Crippen LogP contribution is -2.19. The van der Waals surface area contributed by atoms with Crippen LogP contribution in [0.2, 0.25) is 0 Å². The van der Waals surface area contributed by atoms with Gasteiger partial charge in [-0.2, -0.15) is 0 Å². The van der Waals surface area contributed by atoms with Crippen LogP contribution in [0.1, 0.15) is 23.8 Å². The van der Waals surface area contributed by atoms with Gasteiger partial charge in [-0.05, 0) is 6.92 Å². The van der Waals surface area contributed by atoms with Gasteiger partial charge >= 0.3 is 5.97 Å². The van der Waals surface area contributed by atoms with Gasteiger partial charge in [0.2, 0.25) is 0 Å². The Hall–Kier alpha value is -2.63. The zero-order valence-electron chi connectivity index (χ0n) is 11.5. The zero-order valence-corrected chi connectivity index (χ0v) is 11.5. The summed E-state index contributed by atoms with van der Waals surface area (Å²) in [6.07, 6.45) is 1.68. The van der Waals surface area contributed by atoms with E-state index >= 15 is 0 Å². The van der Waals surface area contributed by atoms with Crippen LogP contribution in [-0.4, -0.2) is 29.4 Å². The second kappa shape index (κ2) is 5.78. The molecule has 0 aliphatic carbocycles. The smallest absolute Gasteiger partial charge is 0.361 e. The number of oxime groups is 1. The number of oxazole rings is 1. The summed E-state index contributed by atoms with van der Waals surface area (Å²) in [5, 5.41) is 3.81. The van der Waals surface area contributed by atoms with E-state index in [0.717, 1.165) is 11.3 Å². The maximum absolute atomic E-state index is 12.1. The third-order valence-electron chi connectivity index (χ3n) is 3.08. The third-order valence-corrected chi connectivity index (χ3v) is 3.08. The van der Waals surface area contributed by atoms with Gasteiger partial charge in [-0.3, -0.25) is 0 Å². The van der Waals surface area contributed by atoms with Crippen LogP contribution in [0.4, 0.5) is 0 Å². The molecule has 6 heteroatoms. The summed E-state index contributed by atoms with van der Waals surface area (Å²) >= 11 is 0. The van der Waals surface area contributed by atoms with Crippen molar-refractivity contribution in [2.24, 2.45) is 5.16 Å². The van der Waals surface area contributed by atoms with Crippen LogP contribution < -0.4 is 0 Å². The minimum atomic E-state index is -0.532. The number of hydrogen-bond donors (Lipinski definition) is 0. The van der Waals surface area contributed by atoms with Crippen molar-refractivity contribution in [3.63, 3.8) is 0 Å². The molecule has 1 unspecified atom stereocenters. The Morgan fingerprint density at radius 1 is 1.38 bits per heavy atom. The highest BCUT2D eigenvalue weighted by Crippen LogP contribution is 2.23. The summed E-state index contributed by atoms with van der Waals surface area (Å²) < 4.78 is 10.5. The Balaban J connectivity index is 1.67. The second-order valence-corrected chi connectivity index (χ2v) is 4.75. The lowest BCUT2D eigenvalue weighted by molar-refractivity contribution is 0.00651. The van der Waals surface area contributed by atoms with Gasteiger partial charge in [0, 0.05) is 12.0 Å². The molecule has 0 amide bonds. The Kier molecular flexibility index (Phi) is 3.68. The average molecular weight is 286 g/mol. The molecule has 2 aromatic rings. The molecule has 0 fully saturated rings. The first-order valence-electron chi connectivity index (χ1n) is 6.59. The largest absolute Gasteiger partial charge is 0.457 e. The van der Waals surface area contributed by atoms with E-state index in [0.29, 0.717) is 12.2 Å². The Bertz CT molecular complexity index is 663. The van der Waals surface area contributed by atoms with Crippen molar-refractivity contribution in [2.45, 2.75) is 19.4 Å². The van der Waals surface area contributed by atoms with Crippen molar-refractivity contribution in [3.05, 3.63) is 42.4 Å². The maximum Gasteiger partial charge on any atom is 0.361 e. The summed E-state index contributed by atoms with van der Waals surface area (Å²) in [7, 11) is 0. The molecule has 0 radical (unpaired) electrons. The first kappa shape index (κ1) is 13.4. The van der Waals surface area contributed by atoms with Crippen LogP contribution in [0.3, 0.4) is 0 Å². The van der Waals surface area contributed by atoms with Gasteiger partial charge in [0.1, 0.15) is 6.61 Å². The second-order valence-electron chi connectivity index (χ2n) is 4.75. The number of carbonyl (C=O) groups is 1. The number of ether oxygens (including phenoxy) is 1. The van der Waals surface area contributed by atoms with Crippen LogP contribution in [0, 0.1) is 0 Å². The molecule has 0 bridgehead atoms. The molecule has 0 spiro atoms. The molecule has 1 aromatic carbocycles. The van der Waals surface area contributed by atoms with Crippen molar-refractivity contribution in [3.8, 4) is 11.3 Å². The molecule has 1 aliphatic heterocycles. The van der Waals surface area contributed by atoms with Gasteiger partial charge in [0.05, 0.1) is 5.71 Å². The molecule has 3 rings (SSSR count). The lowest BCUT2D eigenvalue weighted by Gasteiger charge is -2.08. The molecule has 1 aliphatic rings. The number of esters is 1. The molecule has 1 aromatic heterocycles. The Labute approximate surface area is 121 Å². The topological polar surface area (TPSA) is 73.9 Å². The van der Waals surface area contributed by atoms with E-state index in [9.17, 15) is 4.79 Å². The molecule has 0 N–H and O–H groups in total. The first-order chi connectivity index (χ1) is 10.2. The van der Waals surface area contributed by atoms with Gasteiger partial charge < -0.3 is 14.0 Å². The minimum absolute atomic E-state index is 0.140. The fourth-order valence-electron chi connectivity index (χ4n) is 2.08. The van der Waals surface area contributed by atoms with E-state index in [4.69, 9.17) is 14.0 Å². The molecule has 0 saturated heterocycles. The van der Waals surface area contributed by atoms with Crippen molar-refractivity contribution >= 4 is 11.7 Å². The number of aromatic nitrogens is 1. The summed E-state index contributed by atoms with van der Waals surface area (Å²) in [4.78, 5) is 21.2. The average Bonchev–Trinajstić information content (AvgIpc) is 3.14. The van der Waals surface area contributed by atoms with Crippen LogP contribution in [0.5, 0.6) is 0 Å². The first-order valence-corrected chi connectivity index (χ1v) is 6.59. The molecule has 0 saturated carbocycles. The SMILES string of the molecule is CC1=NOC(COC(=O)c2ncoc2-c2ccccc2)C1. The normalized spacial score (nSPS) is 17.2. The van der Waals surface area contributed by atoms with E-state index in [-0.39, 0.29) is 18.4 Å². The monoisotopic (exact) mass is 286 g/mol. The number of rotatable bonds is 4. The van der Waals surface area contributed by atoms with Crippen molar-refractivity contribution in [2.75, 3.05) is 6.61 Å². The molecular weight excluding hydrogens is 272 g/mol. The van der Waals surface area contributed by atoms with E-state index in [2.05, 4.69) is 10.1 Å². The Morgan fingerprint density at radius 3 is 2.90 bits per heavy atom.